The van der Waals surface area contributed by atoms with Crippen molar-refractivity contribution in [2.45, 2.75) is 6.42 Å². The van der Waals surface area contributed by atoms with Crippen LogP contribution in [0.3, 0.4) is 0 Å². The number of nitrogen functional groups attached to an aromatic ring is 1. The fourth-order valence-corrected chi connectivity index (χ4v) is 1.01. The largest absolute Gasteiger partial charge is 0.481 e. The van der Waals surface area contributed by atoms with Crippen LogP contribution in [0.15, 0.2) is 18.2 Å². The van der Waals surface area contributed by atoms with Crippen LogP contribution >= 0.6 is 0 Å². The van der Waals surface area contributed by atoms with Gasteiger partial charge in [0.1, 0.15) is 12.4 Å². The highest BCUT2D eigenvalue weighted by molar-refractivity contribution is 5.90. The van der Waals surface area contributed by atoms with Crippen molar-refractivity contribution in [2.24, 2.45) is 0 Å². The van der Waals surface area contributed by atoms with Gasteiger partial charge in [0.2, 0.25) is 0 Å². The van der Waals surface area contributed by atoms with Gasteiger partial charge in [-0.05, 0) is 18.2 Å². The van der Waals surface area contributed by atoms with Crippen LogP contribution in [0.2, 0.25) is 0 Å². The monoisotopic (exact) mass is 227 g/mol. The molecule has 0 heterocycles. The predicted molar refractivity (Wildman–Crippen MR) is 53.3 cm³/mol. The minimum absolute atomic E-state index is 0.194. The SMILES string of the molecule is Nc1ccc(C(=O)OCCC(=O)O)c(F)c1. The number of halogens is 1. The molecule has 86 valence electrons. The number of benzene rings is 1. The summed E-state index contributed by atoms with van der Waals surface area (Å²) < 4.78 is 17.7. The van der Waals surface area contributed by atoms with Crippen LogP contribution in [0.5, 0.6) is 0 Å². The van der Waals surface area contributed by atoms with Gasteiger partial charge >= 0.3 is 11.9 Å². The second-order valence-corrected chi connectivity index (χ2v) is 3.02. The number of carboxylic acid groups (broad SMARTS) is 1. The van der Waals surface area contributed by atoms with E-state index in [1.165, 1.54) is 12.1 Å². The second kappa shape index (κ2) is 5.11. The summed E-state index contributed by atoms with van der Waals surface area (Å²) in [6.45, 7) is -0.294. The number of ether oxygens (including phenoxy) is 1. The number of hydrogen-bond donors (Lipinski definition) is 2. The second-order valence-electron chi connectivity index (χ2n) is 3.02. The highest BCUT2D eigenvalue weighted by atomic mass is 19.1. The Bertz CT molecular complexity index is 419. The summed E-state index contributed by atoms with van der Waals surface area (Å²) >= 11 is 0. The molecule has 0 atom stereocenters. The maximum absolute atomic E-state index is 13.2. The molecule has 0 aliphatic carbocycles. The van der Waals surface area contributed by atoms with E-state index in [9.17, 15) is 14.0 Å². The molecule has 0 amide bonds. The molecule has 1 aromatic carbocycles. The van der Waals surface area contributed by atoms with Crippen LogP contribution < -0.4 is 5.73 Å². The Morgan fingerprint density at radius 1 is 1.44 bits per heavy atom. The van der Waals surface area contributed by atoms with Gasteiger partial charge in [-0.15, -0.1) is 0 Å². The number of carbonyl (C=O) groups is 2. The zero-order chi connectivity index (χ0) is 12.1. The molecule has 3 N–H and O–H groups in total. The van der Waals surface area contributed by atoms with Gasteiger partial charge in [-0.3, -0.25) is 4.79 Å². The molecule has 16 heavy (non-hydrogen) atoms. The number of rotatable bonds is 4. The van der Waals surface area contributed by atoms with E-state index in [0.29, 0.717) is 0 Å². The zero-order valence-corrected chi connectivity index (χ0v) is 8.27. The third-order valence-electron chi connectivity index (χ3n) is 1.76. The van der Waals surface area contributed by atoms with E-state index in [1.807, 2.05) is 0 Å². The number of anilines is 1. The minimum Gasteiger partial charge on any atom is -0.481 e. The maximum atomic E-state index is 13.2. The van der Waals surface area contributed by atoms with Crippen molar-refractivity contribution in [3.05, 3.63) is 29.6 Å². The van der Waals surface area contributed by atoms with Crippen molar-refractivity contribution < 1.29 is 23.8 Å². The summed E-state index contributed by atoms with van der Waals surface area (Å²) in [5, 5.41) is 8.31. The number of hydrogen-bond acceptors (Lipinski definition) is 4. The normalized spacial score (nSPS) is 9.81. The van der Waals surface area contributed by atoms with E-state index >= 15 is 0 Å². The lowest BCUT2D eigenvalue weighted by molar-refractivity contribution is -0.137. The lowest BCUT2D eigenvalue weighted by atomic mass is 10.2. The van der Waals surface area contributed by atoms with Crippen LogP contribution in [0, 0.1) is 5.82 Å². The van der Waals surface area contributed by atoms with Crippen molar-refractivity contribution in [1.29, 1.82) is 0 Å². The predicted octanol–water partition coefficient (Wildman–Crippen LogP) is 1.04. The molecule has 0 aromatic heterocycles. The Hall–Kier alpha value is -2.11. The first-order valence-electron chi connectivity index (χ1n) is 4.44. The van der Waals surface area contributed by atoms with Crippen LogP contribution in [0.1, 0.15) is 16.8 Å². The van der Waals surface area contributed by atoms with Crippen molar-refractivity contribution in [3.63, 3.8) is 0 Å². The molecular formula is C10H10FNO4. The molecule has 0 spiro atoms. The molecule has 0 saturated heterocycles. The lowest BCUT2D eigenvalue weighted by Crippen LogP contribution is -2.11. The molecule has 1 aromatic rings. The maximum Gasteiger partial charge on any atom is 0.341 e. The average molecular weight is 227 g/mol. The fraction of sp³-hybridized carbons (Fsp3) is 0.200. The van der Waals surface area contributed by atoms with Gasteiger partial charge in [0, 0.05) is 5.69 Å². The summed E-state index contributed by atoms with van der Waals surface area (Å²) in [4.78, 5) is 21.4. The topological polar surface area (TPSA) is 89.6 Å². The van der Waals surface area contributed by atoms with Gasteiger partial charge in [-0.25, -0.2) is 9.18 Å². The molecule has 0 unspecified atom stereocenters. The lowest BCUT2D eigenvalue weighted by Gasteiger charge is -2.04. The minimum atomic E-state index is -1.09. The molecule has 0 bridgehead atoms. The van der Waals surface area contributed by atoms with E-state index in [4.69, 9.17) is 10.8 Å². The summed E-state index contributed by atoms with van der Waals surface area (Å²) in [5.74, 6) is -2.79. The Morgan fingerprint density at radius 2 is 2.12 bits per heavy atom. The third-order valence-corrected chi connectivity index (χ3v) is 1.76. The number of nitrogens with two attached hydrogens (primary N) is 1. The number of esters is 1. The summed E-state index contributed by atoms with van der Waals surface area (Å²) in [5.41, 5.74) is 5.23. The zero-order valence-electron chi connectivity index (χ0n) is 8.27. The van der Waals surface area contributed by atoms with Gasteiger partial charge < -0.3 is 15.6 Å². The van der Waals surface area contributed by atoms with E-state index in [2.05, 4.69) is 4.74 Å². The summed E-state index contributed by atoms with van der Waals surface area (Å²) in [6.07, 6.45) is -0.317. The molecule has 0 saturated carbocycles. The summed E-state index contributed by atoms with van der Waals surface area (Å²) in [6, 6.07) is 3.54. The molecule has 1 rings (SSSR count). The number of carboxylic acids is 1. The molecule has 0 radical (unpaired) electrons. The van der Waals surface area contributed by atoms with Crippen molar-refractivity contribution in [1.82, 2.24) is 0 Å². The van der Waals surface area contributed by atoms with Crippen LogP contribution in [0.4, 0.5) is 10.1 Å². The van der Waals surface area contributed by atoms with E-state index in [1.54, 1.807) is 0 Å². The molecule has 6 heteroatoms. The van der Waals surface area contributed by atoms with Crippen LogP contribution in [-0.2, 0) is 9.53 Å². The van der Waals surface area contributed by atoms with Crippen LogP contribution in [0.25, 0.3) is 0 Å². The third kappa shape index (κ3) is 3.23. The van der Waals surface area contributed by atoms with Crippen molar-refractivity contribution in [3.8, 4) is 0 Å². The summed E-state index contributed by atoms with van der Waals surface area (Å²) in [7, 11) is 0. The quantitative estimate of drug-likeness (QED) is 0.592. The fourth-order valence-electron chi connectivity index (χ4n) is 1.01. The van der Waals surface area contributed by atoms with E-state index < -0.39 is 17.8 Å². The van der Waals surface area contributed by atoms with Gasteiger partial charge in [0.25, 0.3) is 0 Å². The molecule has 5 nitrogen and oxygen atoms in total. The highest BCUT2D eigenvalue weighted by Crippen LogP contribution is 2.12. The standard InChI is InChI=1S/C10H10FNO4/c11-8-5-6(12)1-2-7(8)10(15)16-4-3-9(13)14/h1-2,5H,3-4,12H2,(H,13,14). The average Bonchev–Trinajstić information content (AvgIpc) is 2.16. The Balaban J connectivity index is 2.63. The van der Waals surface area contributed by atoms with Crippen molar-refractivity contribution >= 4 is 17.6 Å². The first-order chi connectivity index (χ1) is 7.50. The van der Waals surface area contributed by atoms with Gasteiger partial charge in [-0.2, -0.15) is 0 Å². The Kier molecular flexibility index (Phi) is 3.82. The van der Waals surface area contributed by atoms with E-state index in [-0.39, 0.29) is 24.3 Å². The number of carbonyl (C=O) groups excluding carboxylic acids is 1. The van der Waals surface area contributed by atoms with Gasteiger partial charge in [0.15, 0.2) is 0 Å². The van der Waals surface area contributed by atoms with Gasteiger partial charge in [-0.1, -0.05) is 0 Å². The molecular weight excluding hydrogens is 217 g/mol. The molecule has 0 aliphatic rings. The van der Waals surface area contributed by atoms with E-state index in [0.717, 1.165) is 6.07 Å². The highest BCUT2D eigenvalue weighted by Gasteiger charge is 2.13. The Morgan fingerprint density at radius 3 is 2.69 bits per heavy atom. The number of aliphatic carboxylic acids is 1. The first kappa shape index (κ1) is 12.0. The molecule has 0 aliphatic heterocycles. The smallest absolute Gasteiger partial charge is 0.341 e. The Labute approximate surface area is 90.6 Å². The first-order valence-corrected chi connectivity index (χ1v) is 4.44. The molecule has 0 fully saturated rings. The van der Waals surface area contributed by atoms with Crippen molar-refractivity contribution in [2.75, 3.05) is 12.3 Å². The van der Waals surface area contributed by atoms with Gasteiger partial charge in [0.05, 0.1) is 12.0 Å². The van der Waals surface area contributed by atoms with Crippen LogP contribution in [-0.4, -0.2) is 23.7 Å².